The van der Waals surface area contributed by atoms with Crippen LogP contribution in [-0.4, -0.2) is 35.9 Å². The van der Waals surface area contributed by atoms with E-state index in [-0.39, 0.29) is 25.0 Å². The number of nitrogens with one attached hydrogen (secondary N) is 1. The largest absolute Gasteiger partial charge is 0.482 e. The van der Waals surface area contributed by atoms with Crippen LogP contribution in [0.25, 0.3) is 0 Å². The molecule has 2 amide bonds. The Hall–Kier alpha value is -3.02. The standard InChI is InChI=1S/C27H28Cl2N2O3/c1-3-30-27(33)24(15-20-10-5-4-6-11-20)31(17-21-12-8-7-9-19(21)2)26(32)18-34-25-14-13-22(28)16-23(25)29/h4-14,16,24H,3,15,17-18H2,1-2H3,(H,30,33). The van der Waals surface area contributed by atoms with Crippen molar-refractivity contribution < 1.29 is 14.3 Å². The van der Waals surface area contributed by atoms with Gasteiger partial charge in [-0.3, -0.25) is 9.59 Å². The monoisotopic (exact) mass is 498 g/mol. The Morgan fingerprint density at radius 2 is 1.71 bits per heavy atom. The second-order valence-electron chi connectivity index (χ2n) is 7.91. The molecule has 0 saturated carbocycles. The van der Waals surface area contributed by atoms with E-state index < -0.39 is 6.04 Å². The van der Waals surface area contributed by atoms with Crippen molar-refractivity contribution in [3.8, 4) is 5.75 Å². The normalized spacial score (nSPS) is 11.5. The molecule has 1 N–H and O–H groups in total. The van der Waals surface area contributed by atoms with E-state index >= 15 is 0 Å². The molecule has 0 aromatic heterocycles. The zero-order valence-electron chi connectivity index (χ0n) is 19.3. The zero-order valence-corrected chi connectivity index (χ0v) is 20.8. The topological polar surface area (TPSA) is 58.6 Å². The third-order valence-electron chi connectivity index (χ3n) is 5.47. The Labute approximate surface area is 210 Å². The van der Waals surface area contributed by atoms with Crippen LogP contribution in [-0.2, 0) is 22.6 Å². The van der Waals surface area contributed by atoms with Crippen molar-refractivity contribution in [2.75, 3.05) is 13.2 Å². The molecule has 0 aliphatic rings. The van der Waals surface area contributed by atoms with Crippen molar-refractivity contribution in [2.45, 2.75) is 32.9 Å². The number of carbonyl (C=O) groups excluding carboxylic acids is 2. The molecular weight excluding hydrogens is 471 g/mol. The van der Waals surface area contributed by atoms with Gasteiger partial charge in [0.2, 0.25) is 5.91 Å². The molecule has 3 aromatic carbocycles. The third kappa shape index (κ3) is 6.99. The summed E-state index contributed by atoms with van der Waals surface area (Å²) in [5.41, 5.74) is 2.96. The van der Waals surface area contributed by atoms with Gasteiger partial charge in [0.15, 0.2) is 6.61 Å². The van der Waals surface area contributed by atoms with Crippen LogP contribution >= 0.6 is 23.2 Å². The molecule has 0 fully saturated rings. The van der Waals surface area contributed by atoms with Crippen LogP contribution in [0.4, 0.5) is 0 Å². The van der Waals surface area contributed by atoms with Crippen molar-refractivity contribution in [1.82, 2.24) is 10.2 Å². The smallest absolute Gasteiger partial charge is 0.261 e. The van der Waals surface area contributed by atoms with E-state index in [1.807, 2.05) is 68.4 Å². The van der Waals surface area contributed by atoms with E-state index in [1.165, 1.54) is 0 Å². The highest BCUT2D eigenvalue weighted by Crippen LogP contribution is 2.27. The summed E-state index contributed by atoms with van der Waals surface area (Å²) in [4.78, 5) is 28.2. The first-order chi connectivity index (χ1) is 16.4. The average Bonchev–Trinajstić information content (AvgIpc) is 2.82. The number of aryl methyl sites for hydroxylation is 1. The highest BCUT2D eigenvalue weighted by molar-refractivity contribution is 6.35. The molecule has 3 aromatic rings. The lowest BCUT2D eigenvalue weighted by Gasteiger charge is -2.32. The van der Waals surface area contributed by atoms with E-state index in [0.717, 1.165) is 16.7 Å². The van der Waals surface area contributed by atoms with Crippen molar-refractivity contribution in [3.63, 3.8) is 0 Å². The van der Waals surface area contributed by atoms with Gasteiger partial charge in [-0.05, 0) is 48.7 Å². The minimum atomic E-state index is -0.709. The van der Waals surface area contributed by atoms with Crippen LogP contribution in [0.3, 0.4) is 0 Å². The van der Waals surface area contributed by atoms with Crippen molar-refractivity contribution in [2.24, 2.45) is 0 Å². The second-order valence-corrected chi connectivity index (χ2v) is 8.76. The Morgan fingerprint density at radius 3 is 2.38 bits per heavy atom. The van der Waals surface area contributed by atoms with Crippen LogP contribution in [0.1, 0.15) is 23.6 Å². The third-order valence-corrected chi connectivity index (χ3v) is 6.00. The van der Waals surface area contributed by atoms with E-state index in [9.17, 15) is 9.59 Å². The summed E-state index contributed by atoms with van der Waals surface area (Å²) in [5.74, 6) is -0.174. The molecule has 0 heterocycles. The lowest BCUT2D eigenvalue weighted by molar-refractivity contribution is -0.142. The highest BCUT2D eigenvalue weighted by atomic mass is 35.5. The number of hydrogen-bond donors (Lipinski definition) is 1. The summed E-state index contributed by atoms with van der Waals surface area (Å²) >= 11 is 12.2. The van der Waals surface area contributed by atoms with Gasteiger partial charge in [-0.1, -0.05) is 77.8 Å². The van der Waals surface area contributed by atoms with Crippen LogP contribution in [0, 0.1) is 6.92 Å². The Kier molecular flexibility index (Phi) is 9.37. The second kappa shape index (κ2) is 12.4. The molecule has 0 saturated heterocycles. The fourth-order valence-corrected chi connectivity index (χ4v) is 4.09. The van der Waals surface area contributed by atoms with Gasteiger partial charge in [0.25, 0.3) is 5.91 Å². The fraction of sp³-hybridized carbons (Fsp3) is 0.259. The first-order valence-corrected chi connectivity index (χ1v) is 11.9. The molecule has 0 bridgehead atoms. The quantitative estimate of drug-likeness (QED) is 0.403. The van der Waals surface area contributed by atoms with Gasteiger partial charge in [-0.25, -0.2) is 0 Å². The number of rotatable bonds is 10. The maximum Gasteiger partial charge on any atom is 0.261 e. The highest BCUT2D eigenvalue weighted by Gasteiger charge is 2.30. The lowest BCUT2D eigenvalue weighted by Crippen LogP contribution is -2.51. The molecule has 3 rings (SSSR count). The molecule has 1 unspecified atom stereocenters. The molecule has 0 spiro atoms. The van der Waals surface area contributed by atoms with Gasteiger partial charge in [-0.2, -0.15) is 0 Å². The predicted octanol–water partition coefficient (Wildman–Crippen LogP) is 5.46. The van der Waals surface area contributed by atoms with E-state index in [2.05, 4.69) is 5.32 Å². The van der Waals surface area contributed by atoms with Gasteiger partial charge in [0, 0.05) is 24.5 Å². The number of likely N-dealkylation sites (N-methyl/N-ethyl adjacent to an activating group) is 1. The van der Waals surface area contributed by atoms with Crippen molar-refractivity contribution in [1.29, 1.82) is 0 Å². The molecule has 0 radical (unpaired) electrons. The minimum absolute atomic E-state index is 0.210. The molecule has 5 nitrogen and oxygen atoms in total. The summed E-state index contributed by atoms with van der Waals surface area (Å²) in [5, 5.41) is 3.67. The maximum atomic E-state index is 13.5. The molecule has 1 atom stereocenters. The predicted molar refractivity (Wildman–Crippen MR) is 136 cm³/mol. The van der Waals surface area contributed by atoms with E-state index in [0.29, 0.717) is 28.8 Å². The number of hydrogen-bond acceptors (Lipinski definition) is 3. The number of nitrogens with zero attached hydrogens (tertiary/aromatic N) is 1. The molecular formula is C27H28Cl2N2O3. The number of ether oxygens (including phenoxy) is 1. The van der Waals surface area contributed by atoms with Crippen LogP contribution in [0.5, 0.6) is 5.75 Å². The van der Waals surface area contributed by atoms with Crippen LogP contribution in [0.15, 0.2) is 72.8 Å². The summed E-state index contributed by atoms with van der Waals surface area (Å²) in [6.07, 6.45) is 0.381. The molecule has 0 aliphatic heterocycles. The van der Waals surface area contributed by atoms with Gasteiger partial charge in [-0.15, -0.1) is 0 Å². The Morgan fingerprint density at radius 1 is 1.00 bits per heavy atom. The van der Waals surface area contributed by atoms with E-state index in [1.54, 1.807) is 23.1 Å². The fourth-order valence-electron chi connectivity index (χ4n) is 3.63. The van der Waals surface area contributed by atoms with Gasteiger partial charge >= 0.3 is 0 Å². The SMILES string of the molecule is CCNC(=O)C(Cc1ccccc1)N(Cc1ccccc1C)C(=O)COc1ccc(Cl)cc1Cl. The number of halogens is 2. The molecule has 0 aliphatic carbocycles. The average molecular weight is 499 g/mol. The van der Waals surface area contributed by atoms with Crippen molar-refractivity contribution >= 4 is 35.0 Å². The van der Waals surface area contributed by atoms with Crippen LogP contribution in [0.2, 0.25) is 10.0 Å². The van der Waals surface area contributed by atoms with E-state index in [4.69, 9.17) is 27.9 Å². The van der Waals surface area contributed by atoms with Gasteiger partial charge < -0.3 is 15.0 Å². The molecule has 7 heteroatoms. The van der Waals surface area contributed by atoms with Crippen LogP contribution < -0.4 is 10.1 Å². The molecule has 34 heavy (non-hydrogen) atoms. The lowest BCUT2D eigenvalue weighted by atomic mass is 10.0. The summed E-state index contributed by atoms with van der Waals surface area (Å²) < 4.78 is 5.73. The van der Waals surface area contributed by atoms with Gasteiger partial charge in [0.05, 0.1) is 5.02 Å². The number of amides is 2. The summed E-state index contributed by atoms with van der Waals surface area (Å²) in [6, 6.07) is 21.6. The summed E-state index contributed by atoms with van der Waals surface area (Å²) in [7, 11) is 0. The van der Waals surface area contributed by atoms with Gasteiger partial charge in [0.1, 0.15) is 11.8 Å². The number of carbonyl (C=O) groups is 2. The molecule has 178 valence electrons. The Bertz CT molecular complexity index is 1120. The number of benzene rings is 3. The van der Waals surface area contributed by atoms with Crippen molar-refractivity contribution in [3.05, 3.63) is 99.5 Å². The minimum Gasteiger partial charge on any atom is -0.482 e. The Balaban J connectivity index is 1.91. The zero-order chi connectivity index (χ0) is 24.5. The maximum absolute atomic E-state index is 13.5. The first-order valence-electron chi connectivity index (χ1n) is 11.1. The first kappa shape index (κ1) is 25.6. The summed E-state index contributed by atoms with van der Waals surface area (Å²) in [6.45, 7) is 4.32.